The van der Waals surface area contributed by atoms with E-state index < -0.39 is 17.7 Å². The van der Waals surface area contributed by atoms with Crippen LogP contribution < -0.4 is 19.1 Å². The number of carbonyl (C=O) groups excluding carboxylic acids is 2. The number of aliphatic hydroxyl groups is 1. The SMILES string of the molecule is CCCOc1cccc(N2C(=O)C(=O)/C(=C(/O)c3cc(C(C)C)c(OC)cc3C)C2c2ccccc2OC)c1. The average molecular weight is 530 g/mol. The first-order chi connectivity index (χ1) is 18.7. The number of carbonyl (C=O) groups is 2. The van der Waals surface area contributed by atoms with Crippen LogP contribution in [0.1, 0.15) is 61.4 Å². The lowest BCUT2D eigenvalue weighted by molar-refractivity contribution is -0.132. The molecule has 1 amide bonds. The first kappa shape index (κ1) is 27.8. The monoisotopic (exact) mass is 529 g/mol. The first-order valence-electron chi connectivity index (χ1n) is 13.1. The Morgan fingerprint density at radius 2 is 1.69 bits per heavy atom. The summed E-state index contributed by atoms with van der Waals surface area (Å²) < 4.78 is 17.0. The molecule has 3 aromatic carbocycles. The highest BCUT2D eigenvalue weighted by atomic mass is 16.5. The van der Waals surface area contributed by atoms with Gasteiger partial charge in [-0.15, -0.1) is 0 Å². The Morgan fingerprint density at radius 3 is 2.36 bits per heavy atom. The summed E-state index contributed by atoms with van der Waals surface area (Å²) in [6.45, 7) is 8.42. The Balaban J connectivity index is 1.98. The van der Waals surface area contributed by atoms with Gasteiger partial charge in [0.05, 0.1) is 32.4 Å². The summed E-state index contributed by atoms with van der Waals surface area (Å²) >= 11 is 0. The molecule has 1 atom stereocenters. The van der Waals surface area contributed by atoms with Gasteiger partial charge in [0, 0.05) is 22.9 Å². The summed E-state index contributed by atoms with van der Waals surface area (Å²) in [6, 6.07) is 17.0. The van der Waals surface area contributed by atoms with Crippen LogP contribution in [-0.2, 0) is 9.59 Å². The molecule has 1 heterocycles. The van der Waals surface area contributed by atoms with Crippen molar-refractivity contribution in [3.63, 3.8) is 0 Å². The number of rotatable bonds is 9. The quantitative estimate of drug-likeness (QED) is 0.192. The van der Waals surface area contributed by atoms with Crippen molar-refractivity contribution in [3.05, 3.63) is 88.5 Å². The molecule has 0 aliphatic carbocycles. The van der Waals surface area contributed by atoms with E-state index in [-0.39, 0.29) is 17.3 Å². The van der Waals surface area contributed by atoms with Gasteiger partial charge in [-0.2, -0.15) is 0 Å². The van der Waals surface area contributed by atoms with E-state index in [0.717, 1.165) is 12.0 Å². The smallest absolute Gasteiger partial charge is 0.300 e. The first-order valence-corrected chi connectivity index (χ1v) is 13.1. The molecule has 7 heteroatoms. The number of hydrogen-bond acceptors (Lipinski definition) is 6. The van der Waals surface area contributed by atoms with Gasteiger partial charge in [-0.1, -0.05) is 45.0 Å². The summed E-state index contributed by atoms with van der Waals surface area (Å²) in [6.07, 6.45) is 0.829. The number of hydrogen-bond donors (Lipinski definition) is 1. The molecular weight excluding hydrogens is 494 g/mol. The van der Waals surface area contributed by atoms with Gasteiger partial charge < -0.3 is 19.3 Å². The van der Waals surface area contributed by atoms with Crippen molar-refractivity contribution in [2.24, 2.45) is 0 Å². The number of amides is 1. The van der Waals surface area contributed by atoms with Crippen molar-refractivity contribution < 1.29 is 28.9 Å². The number of aryl methyl sites for hydroxylation is 1. The molecule has 1 saturated heterocycles. The summed E-state index contributed by atoms with van der Waals surface area (Å²) in [5, 5.41) is 11.8. The maximum absolute atomic E-state index is 13.7. The van der Waals surface area contributed by atoms with Crippen LogP contribution in [0.3, 0.4) is 0 Å². The van der Waals surface area contributed by atoms with Crippen molar-refractivity contribution in [1.29, 1.82) is 0 Å². The van der Waals surface area contributed by atoms with Gasteiger partial charge in [-0.05, 0) is 60.7 Å². The Labute approximate surface area is 229 Å². The lowest BCUT2D eigenvalue weighted by atomic mass is 9.90. The summed E-state index contributed by atoms with van der Waals surface area (Å²) in [5.74, 6) is 0.123. The van der Waals surface area contributed by atoms with Crippen LogP contribution in [0.15, 0.2) is 66.2 Å². The molecule has 1 unspecified atom stereocenters. The minimum Gasteiger partial charge on any atom is -0.507 e. The molecule has 3 aromatic rings. The van der Waals surface area contributed by atoms with E-state index in [0.29, 0.717) is 46.2 Å². The summed E-state index contributed by atoms with van der Waals surface area (Å²) in [7, 11) is 3.14. The standard InChI is InChI=1S/C32H35NO6/c1-7-15-39-22-12-10-11-21(17-22)33-29(23-13-8-9-14-26(23)37-5)28(31(35)32(33)36)30(34)25-18-24(19(2)3)27(38-6)16-20(25)4/h8-14,16-19,29,34H,7,15H2,1-6H3/b30-28+. The lowest BCUT2D eigenvalue weighted by Gasteiger charge is -2.27. The fraction of sp³-hybridized carbons (Fsp3) is 0.312. The maximum Gasteiger partial charge on any atom is 0.300 e. The number of nitrogens with zero attached hydrogens (tertiary/aromatic N) is 1. The highest BCUT2D eigenvalue weighted by Gasteiger charge is 2.48. The molecule has 7 nitrogen and oxygen atoms in total. The number of methoxy groups -OCH3 is 2. The predicted molar refractivity (Wildman–Crippen MR) is 152 cm³/mol. The number of anilines is 1. The number of ether oxygens (including phenoxy) is 3. The van der Waals surface area contributed by atoms with Crippen LogP contribution in [0.25, 0.3) is 5.76 Å². The van der Waals surface area contributed by atoms with Gasteiger partial charge in [0.1, 0.15) is 23.0 Å². The second kappa shape index (κ2) is 11.6. The molecule has 0 saturated carbocycles. The van der Waals surface area contributed by atoms with Crippen molar-refractivity contribution in [2.45, 2.75) is 46.1 Å². The van der Waals surface area contributed by atoms with E-state index in [1.807, 2.05) is 58.0 Å². The van der Waals surface area contributed by atoms with Gasteiger partial charge in [0.25, 0.3) is 11.7 Å². The Hall–Kier alpha value is -4.26. The van der Waals surface area contributed by atoms with Crippen molar-refractivity contribution in [2.75, 3.05) is 25.7 Å². The van der Waals surface area contributed by atoms with Gasteiger partial charge >= 0.3 is 0 Å². The molecule has 1 fully saturated rings. The summed E-state index contributed by atoms with van der Waals surface area (Å²) in [4.78, 5) is 28.8. The van der Waals surface area contributed by atoms with E-state index in [1.54, 1.807) is 37.4 Å². The van der Waals surface area contributed by atoms with Crippen LogP contribution in [0.5, 0.6) is 17.2 Å². The Bertz CT molecular complexity index is 1420. The van der Waals surface area contributed by atoms with E-state index in [4.69, 9.17) is 14.2 Å². The molecule has 0 spiro atoms. The Morgan fingerprint density at radius 1 is 0.974 bits per heavy atom. The van der Waals surface area contributed by atoms with Gasteiger partial charge in [-0.3, -0.25) is 14.5 Å². The molecule has 0 aromatic heterocycles. The fourth-order valence-electron chi connectivity index (χ4n) is 4.95. The van der Waals surface area contributed by atoms with E-state index in [1.165, 1.54) is 12.0 Å². The number of ketones is 1. The highest BCUT2D eigenvalue weighted by molar-refractivity contribution is 6.51. The third kappa shape index (κ3) is 5.21. The van der Waals surface area contributed by atoms with E-state index in [9.17, 15) is 14.7 Å². The van der Waals surface area contributed by atoms with Crippen molar-refractivity contribution in [3.8, 4) is 17.2 Å². The lowest BCUT2D eigenvalue weighted by Crippen LogP contribution is -2.29. The molecule has 1 aliphatic heterocycles. The van der Waals surface area contributed by atoms with Gasteiger partial charge in [-0.25, -0.2) is 0 Å². The van der Waals surface area contributed by atoms with Crippen LogP contribution >= 0.6 is 0 Å². The zero-order valence-electron chi connectivity index (χ0n) is 23.3. The molecule has 1 N–H and O–H groups in total. The van der Waals surface area contributed by atoms with Crippen LogP contribution in [0.4, 0.5) is 5.69 Å². The van der Waals surface area contributed by atoms with Crippen molar-refractivity contribution >= 4 is 23.1 Å². The molecule has 204 valence electrons. The molecule has 0 bridgehead atoms. The normalized spacial score (nSPS) is 16.6. The zero-order chi connectivity index (χ0) is 28.3. The number of aliphatic hydroxyl groups excluding tert-OH is 1. The molecule has 0 radical (unpaired) electrons. The minimum atomic E-state index is -0.924. The number of para-hydroxylation sites is 1. The maximum atomic E-state index is 13.7. The topological polar surface area (TPSA) is 85.3 Å². The summed E-state index contributed by atoms with van der Waals surface area (Å²) in [5.41, 5.74) is 3.12. The second-order valence-electron chi connectivity index (χ2n) is 9.82. The van der Waals surface area contributed by atoms with E-state index >= 15 is 0 Å². The molecule has 39 heavy (non-hydrogen) atoms. The third-order valence-corrected chi connectivity index (χ3v) is 6.90. The molecule has 1 aliphatic rings. The minimum absolute atomic E-state index is 0.00708. The predicted octanol–water partition coefficient (Wildman–Crippen LogP) is 6.55. The zero-order valence-corrected chi connectivity index (χ0v) is 23.3. The van der Waals surface area contributed by atoms with Crippen LogP contribution in [-0.4, -0.2) is 37.6 Å². The number of Topliss-reactive ketones (excluding diaryl/α,β-unsaturated/α-hetero) is 1. The number of benzene rings is 3. The van der Waals surface area contributed by atoms with Crippen molar-refractivity contribution in [1.82, 2.24) is 0 Å². The van der Waals surface area contributed by atoms with E-state index in [2.05, 4.69) is 0 Å². The Kier molecular flexibility index (Phi) is 8.29. The molecular formula is C32H35NO6. The fourth-order valence-corrected chi connectivity index (χ4v) is 4.95. The molecule has 4 rings (SSSR count). The second-order valence-corrected chi connectivity index (χ2v) is 9.82. The van der Waals surface area contributed by atoms with Crippen LogP contribution in [0, 0.1) is 6.92 Å². The van der Waals surface area contributed by atoms with Gasteiger partial charge in [0.2, 0.25) is 0 Å². The third-order valence-electron chi connectivity index (χ3n) is 6.90. The average Bonchev–Trinajstić information content (AvgIpc) is 3.20. The van der Waals surface area contributed by atoms with Gasteiger partial charge in [0.15, 0.2) is 0 Å². The highest BCUT2D eigenvalue weighted by Crippen LogP contribution is 2.46. The largest absolute Gasteiger partial charge is 0.507 e. The van der Waals surface area contributed by atoms with Crippen LogP contribution in [0.2, 0.25) is 0 Å².